The summed E-state index contributed by atoms with van der Waals surface area (Å²) in [4.78, 5) is 16.4. The summed E-state index contributed by atoms with van der Waals surface area (Å²) < 4.78 is 15.9. The third-order valence-corrected chi connectivity index (χ3v) is 3.90. The maximum absolute atomic E-state index is 12.1. The van der Waals surface area contributed by atoms with Crippen molar-refractivity contribution in [2.75, 3.05) is 14.2 Å². The summed E-state index contributed by atoms with van der Waals surface area (Å²) in [6.45, 7) is 0. The van der Waals surface area contributed by atoms with Crippen LogP contribution in [-0.2, 0) is 16.0 Å². The van der Waals surface area contributed by atoms with E-state index in [2.05, 4.69) is 4.99 Å². The molecule has 2 aromatic rings. The monoisotopic (exact) mass is 337 g/mol. The Morgan fingerprint density at radius 1 is 0.960 bits per heavy atom. The molecule has 0 atom stereocenters. The molecule has 1 aliphatic rings. The number of para-hydroxylation sites is 2. The van der Waals surface area contributed by atoms with E-state index in [-0.39, 0.29) is 5.70 Å². The van der Waals surface area contributed by atoms with Gasteiger partial charge in [-0.15, -0.1) is 0 Å². The van der Waals surface area contributed by atoms with Crippen molar-refractivity contribution in [1.29, 1.82) is 0 Å². The molecule has 0 saturated heterocycles. The van der Waals surface area contributed by atoms with Gasteiger partial charge >= 0.3 is 5.97 Å². The fourth-order valence-corrected chi connectivity index (χ4v) is 2.64. The number of aliphatic imine (C=N–C) groups is 1. The van der Waals surface area contributed by atoms with E-state index in [9.17, 15) is 4.79 Å². The molecule has 128 valence electrons. The summed E-state index contributed by atoms with van der Waals surface area (Å²) in [5.41, 5.74) is 2.11. The van der Waals surface area contributed by atoms with Crippen molar-refractivity contribution < 1.29 is 19.0 Å². The largest absolute Gasteiger partial charge is 0.496 e. The lowest BCUT2D eigenvalue weighted by Gasteiger charge is -2.07. The van der Waals surface area contributed by atoms with E-state index in [1.165, 1.54) is 0 Å². The third-order valence-electron chi connectivity index (χ3n) is 3.90. The molecule has 5 nitrogen and oxygen atoms in total. The quantitative estimate of drug-likeness (QED) is 0.596. The highest BCUT2D eigenvalue weighted by molar-refractivity contribution is 6.07. The molecule has 2 aromatic carbocycles. The lowest BCUT2D eigenvalue weighted by Crippen LogP contribution is -2.05. The summed E-state index contributed by atoms with van der Waals surface area (Å²) in [6, 6.07) is 15.2. The molecule has 1 aliphatic heterocycles. The third kappa shape index (κ3) is 3.88. The second kappa shape index (κ2) is 7.66. The zero-order valence-electron chi connectivity index (χ0n) is 14.2. The molecule has 0 bridgehead atoms. The number of aryl methyl sites for hydroxylation is 1. The van der Waals surface area contributed by atoms with Crippen molar-refractivity contribution in [2.45, 2.75) is 12.8 Å². The average Bonchev–Trinajstić information content (AvgIpc) is 3.00. The molecular weight excluding hydrogens is 318 g/mol. The van der Waals surface area contributed by atoms with Crippen molar-refractivity contribution in [3.63, 3.8) is 0 Å². The summed E-state index contributed by atoms with van der Waals surface area (Å²) in [5.74, 6) is 1.47. The summed E-state index contributed by atoms with van der Waals surface area (Å²) in [7, 11) is 3.23. The maximum Gasteiger partial charge on any atom is 0.363 e. The number of cyclic esters (lactones) is 1. The van der Waals surface area contributed by atoms with Crippen LogP contribution in [0.25, 0.3) is 6.08 Å². The summed E-state index contributed by atoms with van der Waals surface area (Å²) in [5, 5.41) is 0. The number of carbonyl (C=O) groups is 1. The van der Waals surface area contributed by atoms with Crippen LogP contribution in [0.5, 0.6) is 11.5 Å². The van der Waals surface area contributed by atoms with Crippen LogP contribution in [0.4, 0.5) is 0 Å². The minimum atomic E-state index is -0.444. The molecular formula is C20H19NO4. The van der Waals surface area contributed by atoms with Gasteiger partial charge in [-0.1, -0.05) is 36.4 Å². The smallest absolute Gasteiger partial charge is 0.363 e. The highest BCUT2D eigenvalue weighted by Gasteiger charge is 2.23. The molecule has 0 aliphatic carbocycles. The van der Waals surface area contributed by atoms with Gasteiger partial charge in [-0.2, -0.15) is 0 Å². The van der Waals surface area contributed by atoms with Crippen LogP contribution < -0.4 is 9.47 Å². The first kappa shape index (κ1) is 16.8. The van der Waals surface area contributed by atoms with Crippen LogP contribution in [0.1, 0.15) is 17.5 Å². The predicted molar refractivity (Wildman–Crippen MR) is 95.8 cm³/mol. The Hall–Kier alpha value is -3.08. The highest BCUT2D eigenvalue weighted by atomic mass is 16.6. The first-order valence-corrected chi connectivity index (χ1v) is 7.97. The zero-order chi connectivity index (χ0) is 17.6. The van der Waals surface area contributed by atoms with Gasteiger partial charge in [0.1, 0.15) is 11.5 Å². The van der Waals surface area contributed by atoms with Crippen LogP contribution in [-0.4, -0.2) is 26.1 Å². The molecule has 0 unspecified atom stereocenters. The van der Waals surface area contributed by atoms with Gasteiger partial charge in [-0.3, -0.25) is 0 Å². The van der Waals surface area contributed by atoms with Crippen LogP contribution in [0.2, 0.25) is 0 Å². The van der Waals surface area contributed by atoms with Crippen LogP contribution in [0, 0.1) is 0 Å². The van der Waals surface area contributed by atoms with E-state index in [0.29, 0.717) is 24.5 Å². The molecule has 0 aromatic heterocycles. The highest BCUT2D eigenvalue weighted by Crippen LogP contribution is 2.25. The maximum atomic E-state index is 12.1. The summed E-state index contributed by atoms with van der Waals surface area (Å²) >= 11 is 0. The average molecular weight is 337 g/mol. The fraction of sp³-hybridized carbons (Fsp3) is 0.200. The topological polar surface area (TPSA) is 57.1 Å². The van der Waals surface area contributed by atoms with E-state index in [4.69, 9.17) is 14.2 Å². The van der Waals surface area contributed by atoms with Gasteiger partial charge in [0.15, 0.2) is 11.6 Å². The number of nitrogens with zero attached hydrogens (tertiary/aromatic N) is 1. The molecule has 0 N–H and O–H groups in total. The number of esters is 1. The number of methoxy groups -OCH3 is 2. The van der Waals surface area contributed by atoms with Crippen LogP contribution in [0.3, 0.4) is 0 Å². The van der Waals surface area contributed by atoms with Crippen molar-refractivity contribution >= 4 is 17.9 Å². The molecule has 25 heavy (non-hydrogen) atoms. The molecule has 0 saturated carbocycles. The Balaban J connectivity index is 1.75. The van der Waals surface area contributed by atoms with Gasteiger partial charge in [0, 0.05) is 12.0 Å². The molecule has 0 fully saturated rings. The van der Waals surface area contributed by atoms with Gasteiger partial charge in [0.2, 0.25) is 0 Å². The van der Waals surface area contributed by atoms with Gasteiger partial charge in [0.05, 0.1) is 14.2 Å². The Morgan fingerprint density at radius 2 is 1.64 bits per heavy atom. The SMILES string of the molecule is COc1ccccc1/C=C1\N=C(CCc2ccccc2OC)OC1=O. The Bertz CT molecular complexity index is 839. The van der Waals surface area contributed by atoms with Crippen molar-refractivity contribution in [3.8, 4) is 11.5 Å². The second-order valence-electron chi connectivity index (χ2n) is 5.48. The second-order valence-corrected chi connectivity index (χ2v) is 5.48. The number of ether oxygens (including phenoxy) is 3. The Kier molecular flexibility index (Phi) is 5.14. The van der Waals surface area contributed by atoms with Crippen molar-refractivity contribution in [1.82, 2.24) is 0 Å². The van der Waals surface area contributed by atoms with E-state index in [1.807, 2.05) is 48.5 Å². The standard InChI is InChI=1S/C20H19NO4/c1-23-17-9-5-3-7-14(17)11-12-19-21-16(20(22)25-19)13-15-8-4-6-10-18(15)24-2/h3-10,13H,11-12H2,1-2H3/b16-13-. The summed E-state index contributed by atoms with van der Waals surface area (Å²) in [6.07, 6.45) is 2.88. The number of hydrogen-bond acceptors (Lipinski definition) is 5. The Labute approximate surface area is 146 Å². The van der Waals surface area contributed by atoms with E-state index >= 15 is 0 Å². The molecule has 0 spiro atoms. The predicted octanol–water partition coefficient (Wildman–Crippen LogP) is 3.63. The van der Waals surface area contributed by atoms with Gasteiger partial charge in [0.25, 0.3) is 0 Å². The van der Waals surface area contributed by atoms with Gasteiger partial charge in [-0.25, -0.2) is 9.79 Å². The lowest BCUT2D eigenvalue weighted by molar-refractivity contribution is -0.130. The van der Waals surface area contributed by atoms with Gasteiger partial charge < -0.3 is 14.2 Å². The molecule has 1 heterocycles. The van der Waals surface area contributed by atoms with E-state index < -0.39 is 5.97 Å². The number of hydrogen-bond donors (Lipinski definition) is 0. The van der Waals surface area contributed by atoms with Crippen LogP contribution >= 0.6 is 0 Å². The Morgan fingerprint density at radius 3 is 2.40 bits per heavy atom. The zero-order valence-corrected chi connectivity index (χ0v) is 14.2. The number of carbonyl (C=O) groups excluding carboxylic acids is 1. The molecule has 5 heteroatoms. The first-order chi connectivity index (χ1) is 12.2. The lowest BCUT2D eigenvalue weighted by atomic mass is 10.1. The minimum absolute atomic E-state index is 0.277. The first-order valence-electron chi connectivity index (χ1n) is 7.97. The number of rotatable bonds is 6. The molecule has 0 amide bonds. The minimum Gasteiger partial charge on any atom is -0.496 e. The number of benzene rings is 2. The fourth-order valence-electron chi connectivity index (χ4n) is 2.64. The van der Waals surface area contributed by atoms with Crippen molar-refractivity contribution in [3.05, 3.63) is 65.4 Å². The van der Waals surface area contributed by atoms with E-state index in [1.54, 1.807) is 20.3 Å². The molecule has 0 radical (unpaired) electrons. The van der Waals surface area contributed by atoms with Crippen LogP contribution in [0.15, 0.2) is 59.2 Å². The molecule has 3 rings (SSSR count). The van der Waals surface area contributed by atoms with E-state index in [0.717, 1.165) is 16.9 Å². The normalized spacial score (nSPS) is 15.0. The van der Waals surface area contributed by atoms with Crippen molar-refractivity contribution in [2.24, 2.45) is 4.99 Å². The van der Waals surface area contributed by atoms with Gasteiger partial charge in [-0.05, 0) is 30.2 Å².